The molecular formula is C46H52O6. The lowest BCUT2D eigenvalue weighted by molar-refractivity contribution is -0.0839. The molecule has 0 radical (unpaired) electrons. The SMILES string of the molecule is CC1CCC(c2ccc(-c3ccc(OCOC4COC5C(OC(=O)c6ccc(-c7ccc(C8CCC(C)CC8)cc7)cc6)COC45)cc3)cc2)CC1. The lowest BCUT2D eigenvalue weighted by Crippen LogP contribution is -2.35. The number of ether oxygens (including phenoxy) is 5. The zero-order valence-corrected chi connectivity index (χ0v) is 30.6. The molecule has 4 fully saturated rings. The second-order valence-corrected chi connectivity index (χ2v) is 15.8. The minimum atomic E-state index is -0.491. The summed E-state index contributed by atoms with van der Waals surface area (Å²) >= 11 is 0. The van der Waals surface area contributed by atoms with Crippen LogP contribution in [0.15, 0.2) is 97.1 Å². The van der Waals surface area contributed by atoms with Crippen molar-refractivity contribution in [3.8, 4) is 28.0 Å². The van der Waals surface area contributed by atoms with Gasteiger partial charge >= 0.3 is 5.97 Å². The van der Waals surface area contributed by atoms with Gasteiger partial charge in [-0.1, -0.05) is 112 Å². The fraction of sp³-hybridized carbons (Fsp3) is 0.457. The Morgan fingerprint density at radius 2 is 0.981 bits per heavy atom. The maximum absolute atomic E-state index is 13.1. The molecule has 4 aromatic rings. The van der Waals surface area contributed by atoms with Crippen molar-refractivity contribution in [3.05, 3.63) is 114 Å². The van der Waals surface area contributed by atoms with Crippen LogP contribution in [-0.2, 0) is 18.9 Å². The number of esters is 1. The fourth-order valence-corrected chi connectivity index (χ4v) is 8.69. The van der Waals surface area contributed by atoms with Crippen LogP contribution in [0.3, 0.4) is 0 Å². The van der Waals surface area contributed by atoms with Crippen molar-refractivity contribution in [2.45, 2.75) is 101 Å². The number of carbonyl (C=O) groups is 1. The van der Waals surface area contributed by atoms with E-state index in [1.807, 2.05) is 36.4 Å². The van der Waals surface area contributed by atoms with Crippen LogP contribution < -0.4 is 4.74 Å². The van der Waals surface area contributed by atoms with Gasteiger partial charge in [0, 0.05) is 0 Å². The molecule has 0 aromatic heterocycles. The van der Waals surface area contributed by atoms with Gasteiger partial charge in [-0.25, -0.2) is 4.79 Å². The van der Waals surface area contributed by atoms with Gasteiger partial charge in [-0.05, 0) is 107 Å². The van der Waals surface area contributed by atoms with Crippen molar-refractivity contribution in [1.82, 2.24) is 0 Å². The van der Waals surface area contributed by atoms with Crippen LogP contribution in [0.1, 0.15) is 98.5 Å². The third-order valence-corrected chi connectivity index (χ3v) is 12.2. The standard InChI is InChI=1S/C46H52O6/c1-30-3-7-32(8-4-30)34-11-15-36(16-12-34)38-19-21-40(22-20-38)46(47)52-43-28-49-44-42(27-48-45(43)44)51-29-50-41-25-23-39(24-26-41)37-17-13-35(14-18-37)33-9-5-31(2)6-10-33/h11-26,30-33,42-45H,3-10,27-29H2,1-2H3. The number of benzene rings is 4. The van der Waals surface area contributed by atoms with Crippen molar-refractivity contribution < 1.29 is 28.5 Å². The molecule has 2 saturated carbocycles. The summed E-state index contributed by atoms with van der Waals surface area (Å²) < 4.78 is 29.9. The van der Waals surface area contributed by atoms with E-state index >= 15 is 0 Å². The summed E-state index contributed by atoms with van der Waals surface area (Å²) in [5.41, 5.74) is 8.01. The molecule has 4 atom stereocenters. The molecule has 0 amide bonds. The third kappa shape index (κ3) is 8.00. The van der Waals surface area contributed by atoms with Gasteiger partial charge in [-0.15, -0.1) is 0 Å². The Balaban J connectivity index is 0.781. The first-order valence-electron chi connectivity index (χ1n) is 19.6. The van der Waals surface area contributed by atoms with Gasteiger partial charge in [0.15, 0.2) is 12.9 Å². The van der Waals surface area contributed by atoms with Gasteiger partial charge in [0.2, 0.25) is 0 Å². The number of hydrogen-bond donors (Lipinski definition) is 0. The summed E-state index contributed by atoms with van der Waals surface area (Å²) in [5.74, 6) is 3.45. The van der Waals surface area contributed by atoms with Gasteiger partial charge in [-0.2, -0.15) is 0 Å². The third-order valence-electron chi connectivity index (χ3n) is 12.2. The Hall–Kier alpha value is -3.97. The Kier molecular flexibility index (Phi) is 10.8. The molecule has 0 bridgehead atoms. The topological polar surface area (TPSA) is 63.2 Å². The van der Waals surface area contributed by atoms with E-state index in [4.69, 9.17) is 23.7 Å². The summed E-state index contributed by atoms with van der Waals surface area (Å²) in [7, 11) is 0. The smallest absolute Gasteiger partial charge is 0.338 e. The Morgan fingerprint density at radius 1 is 0.558 bits per heavy atom. The minimum Gasteiger partial charge on any atom is -0.468 e. The van der Waals surface area contributed by atoms with Gasteiger partial charge in [0.1, 0.15) is 24.1 Å². The highest BCUT2D eigenvalue weighted by Gasteiger charge is 2.50. The van der Waals surface area contributed by atoms with E-state index in [2.05, 4.69) is 74.5 Å². The predicted octanol–water partition coefficient (Wildman–Crippen LogP) is 10.4. The quantitative estimate of drug-likeness (QED) is 0.121. The van der Waals surface area contributed by atoms with Crippen molar-refractivity contribution in [1.29, 1.82) is 0 Å². The molecule has 2 heterocycles. The molecule has 4 aliphatic rings. The zero-order chi connectivity index (χ0) is 35.4. The average molecular weight is 701 g/mol. The molecule has 8 rings (SSSR count). The normalized spacial score (nSPS) is 28.7. The van der Waals surface area contributed by atoms with Crippen LogP contribution in [0.25, 0.3) is 22.3 Å². The first-order valence-corrected chi connectivity index (χ1v) is 19.6. The van der Waals surface area contributed by atoms with E-state index in [0.717, 1.165) is 34.3 Å². The van der Waals surface area contributed by atoms with Gasteiger partial charge in [0.25, 0.3) is 0 Å². The molecule has 2 aliphatic heterocycles. The van der Waals surface area contributed by atoms with Crippen molar-refractivity contribution in [2.75, 3.05) is 20.0 Å². The summed E-state index contributed by atoms with van der Waals surface area (Å²) in [6.45, 7) is 5.44. The van der Waals surface area contributed by atoms with Gasteiger partial charge in [-0.3, -0.25) is 0 Å². The lowest BCUT2D eigenvalue weighted by Gasteiger charge is -2.26. The number of hydrogen-bond acceptors (Lipinski definition) is 6. The number of rotatable bonds is 10. The largest absolute Gasteiger partial charge is 0.468 e. The van der Waals surface area contributed by atoms with Crippen LogP contribution in [0.4, 0.5) is 0 Å². The molecule has 2 saturated heterocycles. The van der Waals surface area contributed by atoms with Gasteiger partial charge < -0.3 is 23.7 Å². The van der Waals surface area contributed by atoms with E-state index in [-0.39, 0.29) is 37.7 Å². The van der Waals surface area contributed by atoms with Crippen molar-refractivity contribution >= 4 is 5.97 Å². The van der Waals surface area contributed by atoms with Gasteiger partial charge in [0.05, 0.1) is 18.8 Å². The second kappa shape index (κ2) is 16.0. The maximum atomic E-state index is 13.1. The molecule has 4 unspecified atom stereocenters. The van der Waals surface area contributed by atoms with E-state index in [1.165, 1.54) is 68.1 Å². The molecule has 0 spiro atoms. The Bertz CT molecular complexity index is 1750. The molecule has 272 valence electrons. The fourth-order valence-electron chi connectivity index (χ4n) is 8.69. The molecule has 2 aliphatic carbocycles. The maximum Gasteiger partial charge on any atom is 0.338 e. The average Bonchev–Trinajstić information content (AvgIpc) is 3.79. The molecule has 6 nitrogen and oxygen atoms in total. The summed E-state index contributed by atoms with van der Waals surface area (Å²) in [5, 5.41) is 0. The highest BCUT2D eigenvalue weighted by molar-refractivity contribution is 5.90. The van der Waals surface area contributed by atoms with E-state index in [0.29, 0.717) is 24.0 Å². The van der Waals surface area contributed by atoms with E-state index < -0.39 is 6.10 Å². The van der Waals surface area contributed by atoms with E-state index in [1.54, 1.807) is 0 Å². The number of carbonyl (C=O) groups excluding carboxylic acids is 1. The molecule has 52 heavy (non-hydrogen) atoms. The number of fused-ring (bicyclic) bond motifs is 1. The summed E-state index contributed by atoms with van der Waals surface area (Å²) in [4.78, 5) is 13.1. The van der Waals surface area contributed by atoms with E-state index in [9.17, 15) is 4.79 Å². The van der Waals surface area contributed by atoms with Crippen molar-refractivity contribution in [2.24, 2.45) is 11.8 Å². The Labute approximate surface area is 308 Å². The first kappa shape index (κ1) is 35.1. The monoisotopic (exact) mass is 700 g/mol. The summed E-state index contributed by atoms with van der Waals surface area (Å²) in [6.07, 6.45) is 9.00. The zero-order valence-electron chi connectivity index (χ0n) is 30.6. The minimum absolute atomic E-state index is 0.0774. The van der Waals surface area contributed by atoms with Crippen LogP contribution >= 0.6 is 0 Å². The van der Waals surface area contributed by atoms with Crippen LogP contribution in [-0.4, -0.2) is 50.4 Å². The Morgan fingerprint density at radius 3 is 1.48 bits per heavy atom. The lowest BCUT2D eigenvalue weighted by atomic mass is 9.79. The highest BCUT2D eigenvalue weighted by atomic mass is 16.7. The summed E-state index contributed by atoms with van der Waals surface area (Å²) in [6, 6.07) is 33.8. The molecule has 4 aromatic carbocycles. The molecule has 6 heteroatoms. The van der Waals surface area contributed by atoms with Crippen LogP contribution in [0.5, 0.6) is 5.75 Å². The molecule has 0 N–H and O–H groups in total. The predicted molar refractivity (Wildman–Crippen MR) is 204 cm³/mol. The molecular weight excluding hydrogens is 649 g/mol. The first-order chi connectivity index (χ1) is 25.5. The van der Waals surface area contributed by atoms with Crippen LogP contribution in [0.2, 0.25) is 0 Å². The second-order valence-electron chi connectivity index (χ2n) is 15.8. The highest BCUT2D eigenvalue weighted by Crippen LogP contribution is 2.38. The van der Waals surface area contributed by atoms with Crippen molar-refractivity contribution in [3.63, 3.8) is 0 Å². The van der Waals surface area contributed by atoms with Crippen LogP contribution in [0, 0.1) is 11.8 Å².